The summed E-state index contributed by atoms with van der Waals surface area (Å²) in [7, 11) is 0. The van der Waals surface area contributed by atoms with Crippen molar-refractivity contribution < 1.29 is 18.7 Å². The van der Waals surface area contributed by atoms with Gasteiger partial charge >= 0.3 is 5.97 Å². The summed E-state index contributed by atoms with van der Waals surface area (Å²) >= 11 is 0. The summed E-state index contributed by atoms with van der Waals surface area (Å²) in [4.78, 5) is 24.2. The maximum absolute atomic E-state index is 13.6. The van der Waals surface area contributed by atoms with Crippen molar-refractivity contribution in [3.63, 3.8) is 0 Å². The van der Waals surface area contributed by atoms with Gasteiger partial charge in [0.25, 0.3) is 0 Å². The second-order valence-corrected chi connectivity index (χ2v) is 6.17. The number of carbonyl (C=O) groups excluding carboxylic acids is 2. The van der Waals surface area contributed by atoms with E-state index in [9.17, 15) is 14.0 Å². The molecule has 1 N–H and O–H groups in total. The van der Waals surface area contributed by atoms with E-state index in [-0.39, 0.29) is 30.7 Å². The molecule has 1 aromatic rings. The first kappa shape index (κ1) is 15.0. The van der Waals surface area contributed by atoms with Gasteiger partial charge in [0.2, 0.25) is 5.91 Å². The van der Waals surface area contributed by atoms with Crippen molar-refractivity contribution in [2.24, 2.45) is 5.92 Å². The lowest BCUT2D eigenvalue weighted by molar-refractivity contribution is -0.153. The zero-order valence-electron chi connectivity index (χ0n) is 12.4. The number of ether oxygens (including phenoxy) is 1. The number of benzene rings is 1. The molecule has 0 radical (unpaired) electrons. The number of carbonyl (C=O) groups is 2. The van der Waals surface area contributed by atoms with Crippen LogP contribution in [0, 0.1) is 11.7 Å². The molecule has 2 fully saturated rings. The molecule has 1 aliphatic carbocycles. The van der Waals surface area contributed by atoms with Crippen LogP contribution in [0.4, 0.5) is 4.39 Å². The highest BCUT2D eigenvalue weighted by molar-refractivity contribution is 5.87. The van der Waals surface area contributed by atoms with E-state index in [0.29, 0.717) is 5.56 Å². The molecule has 1 atom stereocenters. The largest absolute Gasteiger partial charge is 0.458 e. The van der Waals surface area contributed by atoms with E-state index < -0.39 is 11.5 Å². The number of hydrogen-bond acceptors (Lipinski definition) is 3. The fraction of sp³-hybridized carbons (Fsp3) is 0.529. The Hall–Kier alpha value is -1.91. The predicted molar refractivity (Wildman–Crippen MR) is 78.3 cm³/mol. The molecular weight excluding hydrogens is 285 g/mol. The first-order chi connectivity index (χ1) is 10.6. The Labute approximate surface area is 129 Å². The van der Waals surface area contributed by atoms with Crippen molar-refractivity contribution in [3.8, 4) is 0 Å². The number of hydrogen-bond donors (Lipinski definition) is 1. The van der Waals surface area contributed by atoms with Gasteiger partial charge in [-0.15, -0.1) is 0 Å². The van der Waals surface area contributed by atoms with E-state index in [2.05, 4.69) is 5.32 Å². The molecule has 1 spiro atoms. The van der Waals surface area contributed by atoms with Crippen LogP contribution in [0.2, 0.25) is 0 Å². The molecular formula is C17H20FNO3. The highest BCUT2D eigenvalue weighted by atomic mass is 19.1. The van der Waals surface area contributed by atoms with Crippen LogP contribution in [0.25, 0.3) is 0 Å². The minimum Gasteiger partial charge on any atom is -0.458 e. The second kappa shape index (κ2) is 6.07. The Morgan fingerprint density at radius 3 is 2.73 bits per heavy atom. The van der Waals surface area contributed by atoms with E-state index >= 15 is 0 Å². The summed E-state index contributed by atoms with van der Waals surface area (Å²) in [6, 6.07) is 6.35. The lowest BCUT2D eigenvalue weighted by Gasteiger charge is -2.36. The Kier molecular flexibility index (Phi) is 4.14. The average molecular weight is 305 g/mol. The minimum atomic E-state index is -0.630. The number of amides is 1. The van der Waals surface area contributed by atoms with Crippen molar-refractivity contribution in [3.05, 3.63) is 35.6 Å². The first-order valence-electron chi connectivity index (χ1n) is 7.84. The average Bonchev–Trinajstić information content (AvgIpc) is 2.83. The SMILES string of the molecule is O=C1C[C@H](C(=O)NCc2ccccc2F)C2(CCCCC2)O1. The van der Waals surface area contributed by atoms with Crippen molar-refractivity contribution in [2.45, 2.75) is 50.7 Å². The van der Waals surface area contributed by atoms with Gasteiger partial charge in [0, 0.05) is 12.1 Å². The molecule has 1 heterocycles. The molecule has 3 rings (SSSR count). The van der Waals surface area contributed by atoms with Gasteiger partial charge in [0.15, 0.2) is 0 Å². The number of rotatable bonds is 3. The Balaban J connectivity index is 1.68. The molecule has 5 heteroatoms. The fourth-order valence-electron chi connectivity index (χ4n) is 3.57. The van der Waals surface area contributed by atoms with Crippen LogP contribution >= 0.6 is 0 Å². The highest BCUT2D eigenvalue weighted by Gasteiger charge is 2.52. The second-order valence-electron chi connectivity index (χ2n) is 6.17. The maximum Gasteiger partial charge on any atom is 0.307 e. The molecule has 0 bridgehead atoms. The van der Waals surface area contributed by atoms with E-state index in [0.717, 1.165) is 32.1 Å². The quantitative estimate of drug-likeness (QED) is 0.874. The highest BCUT2D eigenvalue weighted by Crippen LogP contribution is 2.44. The Morgan fingerprint density at radius 2 is 2.00 bits per heavy atom. The zero-order valence-corrected chi connectivity index (χ0v) is 12.4. The van der Waals surface area contributed by atoms with Gasteiger partial charge in [-0.1, -0.05) is 24.6 Å². The third kappa shape index (κ3) is 2.85. The number of halogens is 1. The molecule has 1 saturated heterocycles. The molecule has 2 aliphatic rings. The van der Waals surface area contributed by atoms with E-state index in [4.69, 9.17) is 4.74 Å². The Bertz CT molecular complexity index is 581. The van der Waals surface area contributed by atoms with Gasteiger partial charge in [0.05, 0.1) is 12.3 Å². The summed E-state index contributed by atoms with van der Waals surface area (Å²) < 4.78 is 19.1. The number of esters is 1. The predicted octanol–water partition coefficient (Wildman–Crippen LogP) is 2.71. The molecule has 118 valence electrons. The number of nitrogens with one attached hydrogen (secondary N) is 1. The van der Waals surface area contributed by atoms with Gasteiger partial charge < -0.3 is 10.1 Å². The van der Waals surface area contributed by atoms with Crippen molar-refractivity contribution >= 4 is 11.9 Å². The van der Waals surface area contributed by atoms with Crippen LogP contribution in [0.1, 0.15) is 44.1 Å². The van der Waals surface area contributed by atoms with E-state index in [1.807, 2.05) is 0 Å². The van der Waals surface area contributed by atoms with Crippen molar-refractivity contribution in [1.82, 2.24) is 5.32 Å². The first-order valence-corrected chi connectivity index (χ1v) is 7.84. The van der Waals surface area contributed by atoms with Crippen LogP contribution in [0.5, 0.6) is 0 Å². The van der Waals surface area contributed by atoms with Gasteiger partial charge in [0.1, 0.15) is 11.4 Å². The zero-order chi connectivity index (χ0) is 15.6. The Morgan fingerprint density at radius 1 is 1.27 bits per heavy atom. The van der Waals surface area contributed by atoms with Crippen LogP contribution in [0.15, 0.2) is 24.3 Å². The van der Waals surface area contributed by atoms with Crippen LogP contribution < -0.4 is 5.32 Å². The summed E-state index contributed by atoms with van der Waals surface area (Å²) in [5.74, 6) is -1.30. The van der Waals surface area contributed by atoms with Crippen molar-refractivity contribution in [1.29, 1.82) is 0 Å². The van der Waals surface area contributed by atoms with E-state index in [1.54, 1.807) is 18.2 Å². The smallest absolute Gasteiger partial charge is 0.307 e. The molecule has 1 aromatic carbocycles. The monoisotopic (exact) mass is 305 g/mol. The molecule has 4 nitrogen and oxygen atoms in total. The van der Waals surface area contributed by atoms with Crippen molar-refractivity contribution in [2.75, 3.05) is 0 Å². The lowest BCUT2D eigenvalue weighted by Crippen LogP contribution is -2.45. The molecule has 0 unspecified atom stereocenters. The molecule has 1 amide bonds. The maximum atomic E-state index is 13.6. The van der Waals surface area contributed by atoms with Crippen LogP contribution in [0.3, 0.4) is 0 Å². The summed E-state index contributed by atoms with van der Waals surface area (Å²) in [5.41, 5.74) is -0.187. The van der Waals surface area contributed by atoms with E-state index in [1.165, 1.54) is 6.07 Å². The van der Waals surface area contributed by atoms with Gasteiger partial charge in [-0.25, -0.2) is 4.39 Å². The van der Waals surface area contributed by atoms with Crippen LogP contribution in [-0.4, -0.2) is 17.5 Å². The standard InChI is InChI=1S/C17H20FNO3/c18-14-7-3-2-6-12(14)11-19-16(21)13-10-15(20)22-17(13)8-4-1-5-9-17/h2-3,6-7,13H,1,4-5,8-11H2,(H,19,21)/t13-/m1/s1. The molecule has 1 aliphatic heterocycles. The molecule has 1 saturated carbocycles. The molecule has 22 heavy (non-hydrogen) atoms. The third-order valence-corrected chi connectivity index (χ3v) is 4.75. The summed E-state index contributed by atoms with van der Waals surface area (Å²) in [6.07, 6.45) is 4.69. The fourth-order valence-corrected chi connectivity index (χ4v) is 3.57. The topological polar surface area (TPSA) is 55.4 Å². The van der Waals surface area contributed by atoms with Gasteiger partial charge in [-0.2, -0.15) is 0 Å². The normalized spacial score (nSPS) is 23.3. The minimum absolute atomic E-state index is 0.128. The van der Waals surface area contributed by atoms with Gasteiger partial charge in [-0.3, -0.25) is 9.59 Å². The summed E-state index contributed by atoms with van der Waals surface area (Å²) in [5, 5.41) is 2.76. The lowest BCUT2D eigenvalue weighted by atomic mass is 9.75. The van der Waals surface area contributed by atoms with Crippen LogP contribution in [-0.2, 0) is 20.9 Å². The third-order valence-electron chi connectivity index (χ3n) is 4.75. The summed E-state index contributed by atoms with van der Waals surface area (Å²) in [6.45, 7) is 0.131. The van der Waals surface area contributed by atoms with Gasteiger partial charge in [-0.05, 0) is 31.7 Å². The molecule has 0 aromatic heterocycles.